The molecule has 1 aromatic carbocycles. The molecule has 102 valence electrons. The van der Waals surface area contributed by atoms with E-state index in [1.54, 1.807) is 0 Å². The molecule has 0 fully saturated rings. The molecular weight excluding hydrogens is 254 g/mol. The number of rotatable bonds is 7. The largest absolute Gasteiger partial charge is 0.494 e. The molecule has 2 rings (SSSR count). The summed E-state index contributed by atoms with van der Waals surface area (Å²) in [6.45, 7) is 5.97. The summed E-state index contributed by atoms with van der Waals surface area (Å²) in [4.78, 5) is 2.82. The summed E-state index contributed by atoms with van der Waals surface area (Å²) in [5.41, 5.74) is 1.13. The molecule has 0 bridgehead atoms. The maximum atomic E-state index is 5.57. The number of hydrogen-bond acceptors (Lipinski definition) is 3. The molecule has 0 unspecified atom stereocenters. The van der Waals surface area contributed by atoms with Crippen LogP contribution < -0.4 is 10.1 Å². The Bertz CT molecular complexity index is 490. The van der Waals surface area contributed by atoms with Crippen molar-refractivity contribution in [3.63, 3.8) is 0 Å². The summed E-state index contributed by atoms with van der Waals surface area (Å²) in [7, 11) is 0. The van der Waals surface area contributed by atoms with E-state index in [4.69, 9.17) is 4.74 Å². The molecule has 1 aromatic heterocycles. The second-order valence-electron chi connectivity index (χ2n) is 4.45. The first kappa shape index (κ1) is 13.9. The highest BCUT2D eigenvalue weighted by atomic mass is 32.1. The standard InChI is InChI=1S/C16H21NOS/c1-3-11-18-14-7-5-13(6-8-14)17-12-16-10-9-15(4-2)19-16/h5-10,17H,3-4,11-12H2,1-2H3. The average molecular weight is 275 g/mol. The molecule has 1 heterocycles. The van der Waals surface area contributed by atoms with Crippen LogP contribution in [0.2, 0.25) is 0 Å². The van der Waals surface area contributed by atoms with Crippen molar-refractivity contribution in [2.75, 3.05) is 11.9 Å². The van der Waals surface area contributed by atoms with Crippen molar-refractivity contribution in [3.05, 3.63) is 46.2 Å². The van der Waals surface area contributed by atoms with Crippen LogP contribution in [0.25, 0.3) is 0 Å². The number of ether oxygens (including phenoxy) is 1. The predicted molar refractivity (Wildman–Crippen MR) is 83.3 cm³/mol. The Morgan fingerprint density at radius 3 is 2.37 bits per heavy atom. The molecule has 0 radical (unpaired) electrons. The van der Waals surface area contributed by atoms with Crippen molar-refractivity contribution in [2.45, 2.75) is 33.2 Å². The molecule has 2 nitrogen and oxygen atoms in total. The fourth-order valence-electron chi connectivity index (χ4n) is 1.79. The van der Waals surface area contributed by atoms with Crippen molar-refractivity contribution in [1.29, 1.82) is 0 Å². The van der Waals surface area contributed by atoms with Crippen molar-refractivity contribution < 1.29 is 4.74 Å². The van der Waals surface area contributed by atoms with Gasteiger partial charge in [-0.15, -0.1) is 11.3 Å². The first-order valence-electron chi connectivity index (χ1n) is 6.86. The first-order valence-corrected chi connectivity index (χ1v) is 7.67. The van der Waals surface area contributed by atoms with E-state index in [9.17, 15) is 0 Å². The van der Waals surface area contributed by atoms with Crippen molar-refractivity contribution in [1.82, 2.24) is 0 Å². The van der Waals surface area contributed by atoms with E-state index in [2.05, 4.69) is 43.4 Å². The molecule has 0 saturated heterocycles. The topological polar surface area (TPSA) is 21.3 Å². The molecule has 0 amide bonds. The van der Waals surface area contributed by atoms with Crippen LogP contribution in [0, 0.1) is 0 Å². The minimum atomic E-state index is 0.780. The molecule has 0 spiro atoms. The maximum Gasteiger partial charge on any atom is 0.119 e. The van der Waals surface area contributed by atoms with Crippen molar-refractivity contribution in [3.8, 4) is 5.75 Å². The molecule has 0 atom stereocenters. The van der Waals surface area contributed by atoms with E-state index in [0.29, 0.717) is 0 Å². The van der Waals surface area contributed by atoms with E-state index in [0.717, 1.165) is 37.4 Å². The highest BCUT2D eigenvalue weighted by Gasteiger charge is 1.99. The molecule has 0 aliphatic carbocycles. The van der Waals surface area contributed by atoms with E-state index in [-0.39, 0.29) is 0 Å². The second-order valence-corrected chi connectivity index (χ2v) is 5.70. The van der Waals surface area contributed by atoms with Gasteiger partial charge in [-0.3, -0.25) is 0 Å². The zero-order valence-electron chi connectivity index (χ0n) is 11.6. The van der Waals surface area contributed by atoms with Gasteiger partial charge in [-0.2, -0.15) is 0 Å². The minimum Gasteiger partial charge on any atom is -0.494 e. The third-order valence-electron chi connectivity index (χ3n) is 2.86. The van der Waals surface area contributed by atoms with Crippen LogP contribution in [0.5, 0.6) is 5.75 Å². The van der Waals surface area contributed by atoms with Crippen molar-refractivity contribution in [2.24, 2.45) is 0 Å². The lowest BCUT2D eigenvalue weighted by atomic mass is 10.3. The third-order valence-corrected chi connectivity index (χ3v) is 4.09. The van der Waals surface area contributed by atoms with Gasteiger partial charge in [0.1, 0.15) is 5.75 Å². The number of aryl methyl sites for hydroxylation is 1. The average Bonchev–Trinajstić information content (AvgIpc) is 2.92. The highest BCUT2D eigenvalue weighted by Crippen LogP contribution is 2.20. The van der Waals surface area contributed by atoms with Gasteiger partial charge in [0.25, 0.3) is 0 Å². The van der Waals surface area contributed by atoms with E-state index < -0.39 is 0 Å². The van der Waals surface area contributed by atoms with Gasteiger partial charge >= 0.3 is 0 Å². The molecule has 3 heteroatoms. The van der Waals surface area contributed by atoms with E-state index in [1.807, 2.05) is 23.5 Å². The predicted octanol–water partition coefficient (Wildman–Crippen LogP) is 4.71. The molecule has 0 saturated carbocycles. The molecule has 0 aliphatic heterocycles. The fourth-order valence-corrected chi connectivity index (χ4v) is 2.68. The summed E-state index contributed by atoms with van der Waals surface area (Å²) in [5, 5.41) is 3.44. The van der Waals surface area contributed by atoms with E-state index in [1.165, 1.54) is 9.75 Å². The first-order chi connectivity index (χ1) is 9.31. The quantitative estimate of drug-likeness (QED) is 0.790. The Morgan fingerprint density at radius 2 is 1.74 bits per heavy atom. The molecule has 1 N–H and O–H groups in total. The Hall–Kier alpha value is -1.48. The number of hydrogen-bond donors (Lipinski definition) is 1. The fraction of sp³-hybridized carbons (Fsp3) is 0.375. The summed E-state index contributed by atoms with van der Waals surface area (Å²) >= 11 is 1.88. The Balaban J connectivity index is 1.85. The zero-order valence-corrected chi connectivity index (χ0v) is 12.4. The molecule has 19 heavy (non-hydrogen) atoms. The lowest BCUT2D eigenvalue weighted by Crippen LogP contribution is -1.98. The van der Waals surface area contributed by atoms with Gasteiger partial charge in [-0.25, -0.2) is 0 Å². The third kappa shape index (κ3) is 4.28. The van der Waals surface area contributed by atoms with Gasteiger partial charge in [-0.1, -0.05) is 13.8 Å². The lowest BCUT2D eigenvalue weighted by Gasteiger charge is -2.07. The zero-order chi connectivity index (χ0) is 13.5. The Kier molecular flexibility index (Phi) is 5.28. The van der Waals surface area contributed by atoms with Gasteiger partial charge in [0.15, 0.2) is 0 Å². The summed E-state index contributed by atoms with van der Waals surface area (Å²) in [6.07, 6.45) is 2.16. The lowest BCUT2D eigenvalue weighted by molar-refractivity contribution is 0.317. The van der Waals surface area contributed by atoms with Crippen LogP contribution in [0.15, 0.2) is 36.4 Å². The molecule has 0 aliphatic rings. The van der Waals surface area contributed by atoms with Crippen LogP contribution in [0.3, 0.4) is 0 Å². The normalized spacial score (nSPS) is 10.4. The summed E-state index contributed by atoms with van der Waals surface area (Å²) < 4.78 is 5.57. The number of nitrogens with one attached hydrogen (secondary N) is 1. The second kappa shape index (κ2) is 7.19. The van der Waals surface area contributed by atoms with Gasteiger partial charge in [0, 0.05) is 22.0 Å². The Labute approximate surface area is 119 Å². The maximum absolute atomic E-state index is 5.57. The van der Waals surface area contributed by atoms with Crippen LogP contribution in [-0.2, 0) is 13.0 Å². The van der Waals surface area contributed by atoms with Crippen LogP contribution in [0.4, 0.5) is 5.69 Å². The Morgan fingerprint density at radius 1 is 1.00 bits per heavy atom. The monoisotopic (exact) mass is 275 g/mol. The van der Waals surface area contributed by atoms with Gasteiger partial charge in [0.2, 0.25) is 0 Å². The summed E-state index contributed by atoms with van der Waals surface area (Å²) in [5.74, 6) is 0.941. The SMILES string of the molecule is CCCOc1ccc(NCc2ccc(CC)s2)cc1. The number of anilines is 1. The molecule has 2 aromatic rings. The van der Waals surface area contributed by atoms with E-state index >= 15 is 0 Å². The number of thiophene rings is 1. The molecular formula is C16H21NOS. The number of benzene rings is 1. The minimum absolute atomic E-state index is 0.780. The smallest absolute Gasteiger partial charge is 0.119 e. The summed E-state index contributed by atoms with van der Waals surface area (Å²) in [6, 6.07) is 12.6. The van der Waals surface area contributed by atoms with Crippen LogP contribution in [0.1, 0.15) is 30.0 Å². The van der Waals surface area contributed by atoms with Gasteiger partial charge < -0.3 is 10.1 Å². The van der Waals surface area contributed by atoms with Crippen molar-refractivity contribution >= 4 is 17.0 Å². The van der Waals surface area contributed by atoms with Gasteiger partial charge in [0.05, 0.1) is 6.61 Å². The highest BCUT2D eigenvalue weighted by molar-refractivity contribution is 7.12. The van der Waals surface area contributed by atoms with Crippen LogP contribution in [-0.4, -0.2) is 6.61 Å². The van der Waals surface area contributed by atoms with Gasteiger partial charge in [-0.05, 0) is 49.2 Å². The van der Waals surface area contributed by atoms with Crippen LogP contribution >= 0.6 is 11.3 Å².